The first-order valence-electron chi connectivity index (χ1n) is 9.18. The van der Waals surface area contributed by atoms with Gasteiger partial charge in [-0.3, -0.25) is 4.79 Å². The lowest BCUT2D eigenvalue weighted by molar-refractivity contribution is 0.103. The summed E-state index contributed by atoms with van der Waals surface area (Å²) < 4.78 is 0. The fourth-order valence-electron chi connectivity index (χ4n) is 3.08. The summed E-state index contributed by atoms with van der Waals surface area (Å²) in [6, 6.07) is 38.0. The van der Waals surface area contributed by atoms with Crippen LogP contribution < -0.4 is 15.7 Å². The van der Waals surface area contributed by atoms with Crippen molar-refractivity contribution in [3.8, 4) is 0 Å². The molecule has 0 aliphatic carbocycles. The zero-order valence-electron chi connectivity index (χ0n) is 15.3. The highest BCUT2D eigenvalue weighted by Gasteiger charge is 2.18. The monoisotopic (exact) mass is 381 g/mol. The Morgan fingerprint density at radius 3 is 1.61 bits per heavy atom. The van der Waals surface area contributed by atoms with Gasteiger partial charge in [-0.1, -0.05) is 103 Å². The maximum absolute atomic E-state index is 13.1. The minimum absolute atomic E-state index is 0.0276. The van der Waals surface area contributed by atoms with Crippen LogP contribution >= 0.6 is 8.07 Å². The highest BCUT2D eigenvalue weighted by atomic mass is 31.1. The molecule has 4 aromatic carbocycles. The molecule has 4 aromatic rings. The first kappa shape index (κ1) is 18.2. The van der Waals surface area contributed by atoms with Gasteiger partial charge in [-0.15, -0.1) is 0 Å². The summed E-state index contributed by atoms with van der Waals surface area (Å²) in [5.41, 5.74) is 2.24. The van der Waals surface area contributed by atoms with Gasteiger partial charge in [-0.25, -0.2) is 0 Å². The smallest absolute Gasteiger partial charge is 0.195 e. The van der Waals surface area contributed by atoms with Gasteiger partial charge in [0.2, 0.25) is 0 Å². The van der Waals surface area contributed by atoms with Crippen LogP contribution in [0.1, 0.15) is 15.9 Å². The number of benzene rings is 4. The van der Waals surface area contributed by atoms with E-state index < -0.39 is 8.07 Å². The van der Waals surface area contributed by atoms with Crippen LogP contribution in [0.4, 0.5) is 5.69 Å². The molecule has 0 aliphatic heterocycles. The molecule has 0 fully saturated rings. The molecule has 1 N–H and O–H groups in total. The largest absolute Gasteiger partial charge is 0.356 e. The lowest BCUT2D eigenvalue weighted by atomic mass is 10.0. The van der Waals surface area contributed by atoms with Crippen molar-refractivity contribution in [3.05, 3.63) is 126 Å². The zero-order chi connectivity index (χ0) is 19.2. The van der Waals surface area contributed by atoms with Crippen molar-refractivity contribution in [3.63, 3.8) is 0 Å². The minimum atomic E-state index is -0.839. The van der Waals surface area contributed by atoms with Crippen LogP contribution in [0.2, 0.25) is 0 Å². The number of hydrogen-bond donors (Lipinski definition) is 1. The Morgan fingerprint density at radius 2 is 1.04 bits per heavy atom. The van der Waals surface area contributed by atoms with E-state index in [-0.39, 0.29) is 5.78 Å². The van der Waals surface area contributed by atoms with Crippen LogP contribution in [0.15, 0.2) is 115 Å². The predicted octanol–water partition coefficient (Wildman–Crippen LogP) is 5.38. The van der Waals surface area contributed by atoms with Gasteiger partial charge in [0.05, 0.1) is 8.07 Å². The fraction of sp³-hybridized carbons (Fsp3) is 0. The number of carbonyl (C=O) groups excluding carboxylic acids is 1. The Kier molecular flexibility index (Phi) is 5.61. The molecule has 4 rings (SSSR count). The normalized spacial score (nSPS) is 10.6. The Labute approximate surface area is 166 Å². The highest BCUT2D eigenvalue weighted by Crippen LogP contribution is 2.36. The predicted molar refractivity (Wildman–Crippen MR) is 119 cm³/mol. The van der Waals surface area contributed by atoms with Crippen LogP contribution in [0, 0.1) is 0 Å². The standard InChI is InChI=1S/C25H20NOP/c27-25(20-12-4-1-5-13-20)23-18-10-11-19-24(23)26-28(21-14-6-2-7-15-21)22-16-8-3-9-17-22/h1-19,26H. The van der Waals surface area contributed by atoms with Crippen molar-refractivity contribution < 1.29 is 4.79 Å². The topological polar surface area (TPSA) is 29.1 Å². The summed E-state index contributed by atoms with van der Waals surface area (Å²) in [6.07, 6.45) is 0. The second kappa shape index (κ2) is 8.65. The molecule has 0 atom stereocenters. The van der Waals surface area contributed by atoms with E-state index in [1.165, 1.54) is 10.6 Å². The van der Waals surface area contributed by atoms with Crippen molar-refractivity contribution in [1.82, 2.24) is 0 Å². The molecule has 0 saturated heterocycles. The summed E-state index contributed by atoms with van der Waals surface area (Å²) in [5, 5.41) is 6.10. The number of nitrogens with one attached hydrogen (secondary N) is 1. The van der Waals surface area contributed by atoms with Gasteiger partial charge in [0.1, 0.15) is 0 Å². The lowest BCUT2D eigenvalue weighted by Crippen LogP contribution is -2.18. The van der Waals surface area contributed by atoms with Gasteiger partial charge in [0.15, 0.2) is 5.78 Å². The Balaban J connectivity index is 1.73. The van der Waals surface area contributed by atoms with Crippen LogP contribution in [0.25, 0.3) is 0 Å². The third kappa shape index (κ3) is 4.03. The number of ketones is 1. The first-order valence-corrected chi connectivity index (χ1v) is 10.5. The molecule has 0 bridgehead atoms. The van der Waals surface area contributed by atoms with Gasteiger partial charge in [-0.05, 0) is 12.1 Å². The number of para-hydroxylation sites is 1. The van der Waals surface area contributed by atoms with Crippen LogP contribution in [0.3, 0.4) is 0 Å². The summed E-state index contributed by atoms with van der Waals surface area (Å²) in [5.74, 6) is 0.0276. The van der Waals surface area contributed by atoms with E-state index in [0.29, 0.717) is 11.1 Å². The molecule has 0 aromatic heterocycles. The SMILES string of the molecule is O=C(c1ccccc1)c1ccccc1NP(c1ccccc1)c1ccccc1. The molecule has 3 heteroatoms. The van der Waals surface area contributed by atoms with Gasteiger partial charge >= 0.3 is 0 Å². The maximum atomic E-state index is 13.1. The average Bonchev–Trinajstić information content (AvgIpc) is 2.79. The van der Waals surface area contributed by atoms with Gasteiger partial charge < -0.3 is 5.09 Å². The van der Waals surface area contributed by atoms with Crippen molar-refractivity contribution in [2.24, 2.45) is 0 Å². The Hall–Kier alpha value is -3.22. The molecule has 0 amide bonds. The van der Waals surface area contributed by atoms with E-state index in [4.69, 9.17) is 0 Å². The van der Waals surface area contributed by atoms with E-state index in [0.717, 1.165) is 5.69 Å². The van der Waals surface area contributed by atoms with Gasteiger partial charge in [0, 0.05) is 27.4 Å². The summed E-state index contributed by atoms with van der Waals surface area (Å²) in [6.45, 7) is 0. The molecular formula is C25H20NOP. The third-order valence-corrected chi connectivity index (χ3v) is 6.56. The van der Waals surface area contributed by atoms with E-state index in [2.05, 4.69) is 53.6 Å². The molecule has 0 saturated carbocycles. The molecular weight excluding hydrogens is 361 g/mol. The van der Waals surface area contributed by atoms with E-state index >= 15 is 0 Å². The highest BCUT2D eigenvalue weighted by molar-refractivity contribution is 7.74. The lowest BCUT2D eigenvalue weighted by Gasteiger charge is -2.22. The first-order chi connectivity index (χ1) is 13.8. The van der Waals surface area contributed by atoms with Crippen molar-refractivity contribution in [2.75, 3.05) is 5.09 Å². The molecule has 2 nitrogen and oxygen atoms in total. The van der Waals surface area contributed by atoms with Crippen molar-refractivity contribution >= 4 is 30.2 Å². The fourth-order valence-corrected chi connectivity index (χ4v) is 5.01. The summed E-state index contributed by atoms with van der Waals surface area (Å²) in [4.78, 5) is 13.1. The molecule has 136 valence electrons. The minimum Gasteiger partial charge on any atom is -0.356 e. The van der Waals surface area contributed by atoms with E-state index in [1.807, 2.05) is 66.7 Å². The average molecular weight is 381 g/mol. The van der Waals surface area contributed by atoms with Gasteiger partial charge in [-0.2, -0.15) is 0 Å². The van der Waals surface area contributed by atoms with Crippen LogP contribution in [0.5, 0.6) is 0 Å². The molecule has 0 aliphatic rings. The van der Waals surface area contributed by atoms with E-state index in [9.17, 15) is 4.79 Å². The maximum Gasteiger partial charge on any atom is 0.195 e. The van der Waals surface area contributed by atoms with E-state index in [1.54, 1.807) is 0 Å². The number of carbonyl (C=O) groups is 1. The summed E-state index contributed by atoms with van der Waals surface area (Å²) in [7, 11) is -0.839. The van der Waals surface area contributed by atoms with Gasteiger partial charge in [0.25, 0.3) is 0 Å². The Bertz CT molecular complexity index is 1010. The second-order valence-corrected chi connectivity index (χ2v) is 8.29. The third-order valence-electron chi connectivity index (χ3n) is 4.47. The molecule has 28 heavy (non-hydrogen) atoms. The number of rotatable bonds is 6. The van der Waals surface area contributed by atoms with Crippen LogP contribution in [-0.4, -0.2) is 5.78 Å². The second-order valence-electron chi connectivity index (χ2n) is 6.36. The van der Waals surface area contributed by atoms with Crippen LogP contribution in [-0.2, 0) is 0 Å². The number of anilines is 1. The molecule has 0 radical (unpaired) electrons. The molecule has 0 unspecified atom stereocenters. The van der Waals surface area contributed by atoms with Crippen molar-refractivity contribution in [2.45, 2.75) is 0 Å². The molecule has 0 heterocycles. The molecule has 0 spiro atoms. The summed E-state index contributed by atoms with van der Waals surface area (Å²) >= 11 is 0. The Morgan fingerprint density at radius 1 is 0.571 bits per heavy atom. The zero-order valence-corrected chi connectivity index (χ0v) is 16.2. The number of hydrogen-bond acceptors (Lipinski definition) is 2. The van der Waals surface area contributed by atoms with Crippen molar-refractivity contribution in [1.29, 1.82) is 0 Å². The quantitative estimate of drug-likeness (QED) is 0.359.